The Morgan fingerprint density at radius 2 is 2.27 bits per heavy atom. The SMILES string of the molecule is CO[PH](=O)C(C#N)OC(C)=O. The fourth-order valence-electron chi connectivity index (χ4n) is 0.400. The van der Waals surface area contributed by atoms with Gasteiger partial charge in [0.15, 0.2) is 0 Å². The Morgan fingerprint density at radius 1 is 1.73 bits per heavy atom. The molecule has 0 rings (SSSR count). The summed E-state index contributed by atoms with van der Waals surface area (Å²) < 4.78 is 19.5. The molecule has 0 fully saturated rings. The predicted molar refractivity (Wildman–Crippen MR) is 37.2 cm³/mol. The number of rotatable bonds is 3. The first-order chi connectivity index (χ1) is 5.11. The van der Waals surface area contributed by atoms with Gasteiger partial charge >= 0.3 is 5.97 Å². The van der Waals surface area contributed by atoms with Crippen molar-refractivity contribution < 1.29 is 18.6 Å². The lowest BCUT2D eigenvalue weighted by Gasteiger charge is -2.06. The summed E-state index contributed by atoms with van der Waals surface area (Å²) in [7, 11) is -1.38. The summed E-state index contributed by atoms with van der Waals surface area (Å²) in [5.74, 6) is -1.91. The van der Waals surface area contributed by atoms with E-state index in [4.69, 9.17) is 5.26 Å². The molecule has 2 atom stereocenters. The molecular formula is C5H8NO4P. The highest BCUT2D eigenvalue weighted by molar-refractivity contribution is 7.40. The van der Waals surface area contributed by atoms with Gasteiger partial charge in [0.25, 0.3) is 5.85 Å². The predicted octanol–water partition coefficient (Wildman–Crippen LogP) is 0.520. The molecule has 0 aromatic rings. The number of hydrogen-bond acceptors (Lipinski definition) is 5. The van der Waals surface area contributed by atoms with Crippen LogP contribution in [-0.4, -0.2) is 18.9 Å². The highest BCUT2D eigenvalue weighted by Gasteiger charge is 2.17. The second-order valence-corrected chi connectivity index (χ2v) is 3.21. The van der Waals surface area contributed by atoms with Gasteiger partial charge in [-0.2, -0.15) is 5.26 Å². The van der Waals surface area contributed by atoms with Gasteiger partial charge in [-0.3, -0.25) is 9.36 Å². The van der Waals surface area contributed by atoms with Gasteiger partial charge in [0, 0.05) is 14.0 Å². The van der Waals surface area contributed by atoms with E-state index in [1.54, 1.807) is 6.07 Å². The Morgan fingerprint density at radius 3 is 2.55 bits per heavy atom. The number of hydrogen-bond donors (Lipinski definition) is 0. The van der Waals surface area contributed by atoms with Crippen LogP contribution in [0.5, 0.6) is 0 Å². The molecule has 11 heavy (non-hydrogen) atoms. The molecule has 0 bridgehead atoms. The van der Waals surface area contributed by atoms with Gasteiger partial charge in [0.05, 0.1) is 0 Å². The zero-order valence-electron chi connectivity index (χ0n) is 6.16. The van der Waals surface area contributed by atoms with Crippen LogP contribution in [0.1, 0.15) is 6.92 Å². The quantitative estimate of drug-likeness (QED) is 0.464. The van der Waals surface area contributed by atoms with Crippen molar-refractivity contribution >= 4 is 14.0 Å². The molecule has 62 valence electrons. The molecule has 2 unspecified atom stereocenters. The lowest BCUT2D eigenvalue weighted by Crippen LogP contribution is -2.10. The van der Waals surface area contributed by atoms with E-state index >= 15 is 0 Å². The lowest BCUT2D eigenvalue weighted by molar-refractivity contribution is -0.141. The van der Waals surface area contributed by atoms with Crippen LogP contribution in [0.15, 0.2) is 0 Å². The maximum atomic E-state index is 10.7. The van der Waals surface area contributed by atoms with Crippen LogP contribution in [0.3, 0.4) is 0 Å². The van der Waals surface area contributed by atoms with E-state index in [0.717, 1.165) is 6.92 Å². The molecule has 0 aliphatic heterocycles. The van der Waals surface area contributed by atoms with Gasteiger partial charge in [0.1, 0.15) is 6.07 Å². The Labute approximate surface area is 64.8 Å². The molecule has 0 aliphatic carbocycles. The minimum atomic E-state index is -2.57. The van der Waals surface area contributed by atoms with E-state index in [-0.39, 0.29) is 0 Å². The van der Waals surface area contributed by atoms with Crippen molar-refractivity contribution in [2.45, 2.75) is 12.8 Å². The van der Waals surface area contributed by atoms with Crippen molar-refractivity contribution in [2.75, 3.05) is 7.11 Å². The van der Waals surface area contributed by atoms with Crippen molar-refractivity contribution in [1.82, 2.24) is 0 Å². The number of nitriles is 1. The van der Waals surface area contributed by atoms with Crippen LogP contribution in [0.2, 0.25) is 0 Å². The topological polar surface area (TPSA) is 76.4 Å². The van der Waals surface area contributed by atoms with Gasteiger partial charge in [-0.25, -0.2) is 0 Å². The number of carbonyl (C=O) groups is 1. The van der Waals surface area contributed by atoms with Gasteiger partial charge < -0.3 is 9.26 Å². The van der Waals surface area contributed by atoms with Crippen LogP contribution in [0.25, 0.3) is 0 Å². The first-order valence-corrected chi connectivity index (χ1v) is 4.16. The first-order valence-electron chi connectivity index (χ1n) is 2.76. The van der Waals surface area contributed by atoms with E-state index in [1.807, 2.05) is 0 Å². The molecule has 0 saturated carbocycles. The van der Waals surface area contributed by atoms with Gasteiger partial charge in [-0.05, 0) is 0 Å². The Bertz CT molecular complexity index is 209. The fraction of sp³-hybridized carbons (Fsp3) is 0.600. The number of nitrogens with zero attached hydrogens (tertiary/aromatic N) is 1. The molecule has 0 radical (unpaired) electrons. The Balaban J connectivity index is 4.09. The average molecular weight is 177 g/mol. The third-order valence-electron chi connectivity index (χ3n) is 0.816. The molecule has 0 aromatic carbocycles. The van der Waals surface area contributed by atoms with Crippen LogP contribution >= 0.6 is 8.03 Å². The van der Waals surface area contributed by atoms with E-state index < -0.39 is 19.8 Å². The minimum absolute atomic E-state index is 0.646. The first kappa shape index (κ1) is 10.2. The number of ether oxygens (including phenoxy) is 1. The number of carbonyl (C=O) groups excluding carboxylic acids is 1. The van der Waals surface area contributed by atoms with Crippen LogP contribution < -0.4 is 0 Å². The lowest BCUT2D eigenvalue weighted by atomic mass is 10.7. The molecule has 0 amide bonds. The van der Waals surface area contributed by atoms with Crippen molar-refractivity contribution in [2.24, 2.45) is 0 Å². The Kier molecular flexibility index (Phi) is 4.51. The summed E-state index contributed by atoms with van der Waals surface area (Å²) in [5, 5.41) is 8.29. The van der Waals surface area contributed by atoms with Crippen LogP contribution in [0.4, 0.5) is 0 Å². The second-order valence-electron chi connectivity index (χ2n) is 1.64. The molecule has 6 heteroatoms. The summed E-state index contributed by atoms with van der Waals surface area (Å²) in [6.45, 7) is 1.13. The maximum absolute atomic E-state index is 10.7. The second kappa shape index (κ2) is 4.89. The van der Waals surface area contributed by atoms with Crippen LogP contribution in [-0.2, 0) is 18.6 Å². The van der Waals surface area contributed by atoms with E-state index in [2.05, 4.69) is 9.26 Å². The van der Waals surface area contributed by atoms with E-state index in [0.29, 0.717) is 0 Å². The van der Waals surface area contributed by atoms with Gasteiger partial charge in [-0.1, -0.05) is 0 Å². The fourth-order valence-corrected chi connectivity index (χ4v) is 0.982. The largest absolute Gasteiger partial charge is 0.437 e. The van der Waals surface area contributed by atoms with Gasteiger partial charge in [0.2, 0.25) is 8.03 Å². The summed E-state index contributed by atoms with van der Waals surface area (Å²) in [5.41, 5.74) is 0. The highest BCUT2D eigenvalue weighted by atomic mass is 31.1. The average Bonchev–Trinajstić information content (AvgIpc) is 1.98. The molecule has 0 heterocycles. The summed E-state index contributed by atoms with van der Waals surface area (Å²) >= 11 is 0. The zero-order chi connectivity index (χ0) is 8.85. The van der Waals surface area contributed by atoms with E-state index in [9.17, 15) is 9.36 Å². The Hall–Kier alpha value is -0.850. The van der Waals surface area contributed by atoms with E-state index in [1.165, 1.54) is 7.11 Å². The highest BCUT2D eigenvalue weighted by Crippen LogP contribution is 2.28. The molecule has 0 aromatic heterocycles. The monoisotopic (exact) mass is 177 g/mol. The zero-order valence-corrected chi connectivity index (χ0v) is 7.16. The summed E-state index contributed by atoms with van der Waals surface area (Å²) in [4.78, 5) is 10.3. The van der Waals surface area contributed by atoms with Crippen molar-refractivity contribution in [3.05, 3.63) is 0 Å². The molecule has 0 aliphatic rings. The normalized spacial score (nSPS) is 14.6. The molecule has 0 N–H and O–H groups in total. The minimum Gasteiger partial charge on any atom is -0.437 e. The van der Waals surface area contributed by atoms with Crippen LogP contribution in [0, 0.1) is 11.3 Å². The third-order valence-corrected chi connectivity index (χ3v) is 1.89. The summed E-state index contributed by atoms with van der Waals surface area (Å²) in [6, 6.07) is 1.55. The molecular weight excluding hydrogens is 169 g/mol. The molecule has 0 spiro atoms. The molecule has 0 saturated heterocycles. The van der Waals surface area contributed by atoms with Gasteiger partial charge in [-0.15, -0.1) is 0 Å². The van der Waals surface area contributed by atoms with Crippen molar-refractivity contribution in [3.8, 4) is 6.07 Å². The molecule has 5 nitrogen and oxygen atoms in total. The number of esters is 1. The maximum Gasteiger partial charge on any atom is 0.304 e. The van der Waals surface area contributed by atoms with Crippen molar-refractivity contribution in [3.63, 3.8) is 0 Å². The smallest absolute Gasteiger partial charge is 0.304 e. The third kappa shape index (κ3) is 3.76. The standard InChI is InChI=1S/C5H8NO4P/c1-4(7)10-5(3-6)11(8)9-2/h5,11H,1-2H3. The summed E-state index contributed by atoms with van der Waals surface area (Å²) in [6.07, 6.45) is 0. The van der Waals surface area contributed by atoms with Crippen molar-refractivity contribution in [1.29, 1.82) is 5.26 Å².